The maximum atomic E-state index is 9.52. The maximum Gasteiger partial charge on any atom is 0.143 e. The Balaban J connectivity index is 1.54. The molecule has 0 unspecified atom stereocenters. The summed E-state index contributed by atoms with van der Waals surface area (Å²) in [6, 6.07) is 45.9. The molecule has 3 nitrogen and oxygen atoms in total. The second-order valence-corrected chi connectivity index (χ2v) is 10.7. The molecule has 0 bridgehead atoms. The Morgan fingerprint density at radius 3 is 1.71 bits per heavy atom. The zero-order valence-corrected chi connectivity index (χ0v) is 22.4. The van der Waals surface area contributed by atoms with Crippen molar-refractivity contribution in [1.82, 2.24) is 0 Å². The Bertz CT molecular complexity index is 2580. The molecule has 0 spiro atoms. The van der Waals surface area contributed by atoms with Gasteiger partial charge >= 0.3 is 0 Å². The summed E-state index contributed by atoms with van der Waals surface area (Å²) in [6.07, 6.45) is 0. The average Bonchev–Trinajstić information content (AvgIpc) is 3.63. The molecule has 0 radical (unpaired) electrons. The smallest absolute Gasteiger partial charge is 0.143 e. The highest BCUT2D eigenvalue weighted by atomic mass is 16.3. The lowest BCUT2D eigenvalue weighted by atomic mass is 9.84. The minimum Gasteiger partial charge on any atom is -0.455 e. The second kappa shape index (κ2) is 8.57. The number of hydrogen-bond donors (Lipinski definition) is 0. The molecular weight excluding hydrogens is 514 g/mol. The van der Waals surface area contributed by atoms with Gasteiger partial charge in [-0.25, -0.2) is 0 Å². The number of furan rings is 2. The van der Waals surface area contributed by atoms with E-state index >= 15 is 0 Å². The van der Waals surface area contributed by atoms with E-state index in [1.807, 2.05) is 48.5 Å². The second-order valence-electron chi connectivity index (χ2n) is 10.7. The number of hydrogen-bond acceptors (Lipinski definition) is 3. The third kappa shape index (κ3) is 3.09. The lowest BCUT2D eigenvalue weighted by Crippen LogP contribution is -1.93. The van der Waals surface area contributed by atoms with Gasteiger partial charge in [-0.2, -0.15) is 5.26 Å². The summed E-state index contributed by atoms with van der Waals surface area (Å²) in [5.41, 5.74) is 8.37. The molecule has 0 N–H and O–H groups in total. The normalized spacial score (nSPS) is 11.8. The largest absolute Gasteiger partial charge is 0.455 e. The fraction of sp³-hybridized carbons (Fsp3) is 0. The predicted octanol–water partition coefficient (Wildman–Crippen LogP) is 11.0. The first-order valence-corrected chi connectivity index (χ1v) is 14.0. The van der Waals surface area contributed by atoms with Crippen molar-refractivity contribution in [1.29, 1.82) is 5.26 Å². The summed E-state index contributed by atoms with van der Waals surface area (Å²) in [5, 5.41) is 18.3. The minimum absolute atomic E-state index is 0.633. The molecule has 0 saturated heterocycles. The van der Waals surface area contributed by atoms with Gasteiger partial charge in [0.15, 0.2) is 0 Å². The van der Waals surface area contributed by atoms with Crippen LogP contribution in [0.2, 0.25) is 0 Å². The van der Waals surface area contributed by atoms with E-state index in [2.05, 4.69) is 84.9 Å². The SMILES string of the molecule is N#Cc1ccc(-c2c(-c3cccc4c3oc3ccccc34)c3ccc4c5ccccc5oc4c3c3ccccc23)cc1. The lowest BCUT2D eigenvalue weighted by Gasteiger charge is -2.19. The van der Waals surface area contributed by atoms with Gasteiger partial charge in [0, 0.05) is 38.1 Å². The van der Waals surface area contributed by atoms with Crippen LogP contribution in [0, 0.1) is 11.3 Å². The van der Waals surface area contributed by atoms with Gasteiger partial charge in [-0.15, -0.1) is 0 Å². The summed E-state index contributed by atoms with van der Waals surface area (Å²) < 4.78 is 13.2. The predicted molar refractivity (Wildman–Crippen MR) is 172 cm³/mol. The molecule has 2 heterocycles. The topological polar surface area (TPSA) is 50.1 Å². The van der Waals surface area contributed by atoms with E-state index in [1.165, 1.54) is 0 Å². The number of nitriles is 1. The molecule has 9 rings (SSSR count). The Morgan fingerprint density at radius 2 is 1.00 bits per heavy atom. The fourth-order valence-corrected chi connectivity index (χ4v) is 6.69. The average molecular weight is 536 g/mol. The van der Waals surface area contributed by atoms with Crippen LogP contribution >= 0.6 is 0 Å². The van der Waals surface area contributed by atoms with E-state index in [1.54, 1.807) is 0 Å². The molecule has 0 aliphatic carbocycles. The fourth-order valence-electron chi connectivity index (χ4n) is 6.69. The van der Waals surface area contributed by atoms with Crippen LogP contribution in [-0.2, 0) is 0 Å². The summed E-state index contributed by atoms with van der Waals surface area (Å²) >= 11 is 0. The van der Waals surface area contributed by atoms with E-state index in [9.17, 15) is 5.26 Å². The molecule has 0 aliphatic rings. The quantitative estimate of drug-likeness (QED) is 0.207. The van der Waals surface area contributed by atoms with E-state index in [0.29, 0.717) is 5.56 Å². The molecular formula is C39H21NO2. The standard InChI is InChI=1S/C39H21NO2/c40-22-23-16-18-24(19-17-23)35-27-10-1-2-11-28(27)37-31(21-20-30-26-9-4-6-15-34(26)42-39(30)37)36(35)32-13-7-12-29-25-8-3-5-14-33(25)41-38(29)32/h1-21H. The van der Waals surface area contributed by atoms with Crippen molar-refractivity contribution in [2.45, 2.75) is 0 Å². The van der Waals surface area contributed by atoms with E-state index < -0.39 is 0 Å². The molecule has 7 aromatic carbocycles. The molecule has 194 valence electrons. The number of para-hydroxylation sites is 3. The van der Waals surface area contributed by atoms with E-state index in [0.717, 1.165) is 87.7 Å². The first kappa shape index (κ1) is 22.9. The highest BCUT2D eigenvalue weighted by molar-refractivity contribution is 6.30. The zero-order chi connectivity index (χ0) is 27.8. The van der Waals surface area contributed by atoms with Gasteiger partial charge in [-0.3, -0.25) is 0 Å². The van der Waals surface area contributed by atoms with Gasteiger partial charge in [-0.1, -0.05) is 97.1 Å². The van der Waals surface area contributed by atoms with Crippen molar-refractivity contribution in [3.63, 3.8) is 0 Å². The summed E-state index contributed by atoms with van der Waals surface area (Å²) in [6.45, 7) is 0. The van der Waals surface area contributed by atoms with Crippen LogP contribution in [0.5, 0.6) is 0 Å². The van der Waals surface area contributed by atoms with Crippen molar-refractivity contribution in [2.75, 3.05) is 0 Å². The zero-order valence-electron chi connectivity index (χ0n) is 22.4. The first-order chi connectivity index (χ1) is 20.8. The Hall–Kier alpha value is -5.85. The van der Waals surface area contributed by atoms with Crippen molar-refractivity contribution in [3.8, 4) is 28.3 Å². The van der Waals surface area contributed by atoms with Crippen LogP contribution in [0.3, 0.4) is 0 Å². The molecule has 42 heavy (non-hydrogen) atoms. The number of benzene rings is 7. The van der Waals surface area contributed by atoms with Crippen LogP contribution < -0.4 is 0 Å². The van der Waals surface area contributed by atoms with Crippen molar-refractivity contribution in [2.24, 2.45) is 0 Å². The number of nitrogens with zero attached hydrogens (tertiary/aromatic N) is 1. The molecule has 3 heteroatoms. The molecule has 2 aromatic heterocycles. The molecule has 0 saturated carbocycles. The van der Waals surface area contributed by atoms with Gasteiger partial charge in [0.25, 0.3) is 0 Å². The monoisotopic (exact) mass is 535 g/mol. The minimum atomic E-state index is 0.633. The van der Waals surface area contributed by atoms with Crippen LogP contribution in [0.4, 0.5) is 0 Å². The van der Waals surface area contributed by atoms with Crippen molar-refractivity contribution >= 4 is 65.4 Å². The van der Waals surface area contributed by atoms with Gasteiger partial charge in [0.1, 0.15) is 22.3 Å². The van der Waals surface area contributed by atoms with Crippen molar-refractivity contribution < 1.29 is 8.83 Å². The van der Waals surface area contributed by atoms with Crippen LogP contribution in [0.1, 0.15) is 5.56 Å². The van der Waals surface area contributed by atoms with Gasteiger partial charge in [0.05, 0.1) is 11.6 Å². The highest BCUT2D eigenvalue weighted by Gasteiger charge is 2.23. The molecule has 0 atom stereocenters. The molecule has 0 aliphatic heterocycles. The van der Waals surface area contributed by atoms with Crippen LogP contribution in [0.25, 0.3) is 87.7 Å². The highest BCUT2D eigenvalue weighted by Crippen LogP contribution is 2.49. The van der Waals surface area contributed by atoms with Gasteiger partial charge < -0.3 is 8.83 Å². The third-order valence-electron chi connectivity index (χ3n) is 8.51. The van der Waals surface area contributed by atoms with Crippen LogP contribution in [0.15, 0.2) is 136 Å². The van der Waals surface area contributed by atoms with Crippen molar-refractivity contribution in [3.05, 3.63) is 133 Å². The Labute approximate surface area is 240 Å². The first-order valence-electron chi connectivity index (χ1n) is 14.0. The summed E-state index contributed by atoms with van der Waals surface area (Å²) in [5.74, 6) is 0. The molecule has 9 aromatic rings. The summed E-state index contributed by atoms with van der Waals surface area (Å²) in [7, 11) is 0. The van der Waals surface area contributed by atoms with E-state index in [4.69, 9.17) is 8.83 Å². The number of fused-ring (bicyclic) bond motifs is 10. The Kier molecular flexibility index (Phi) is 4.68. The number of rotatable bonds is 2. The third-order valence-corrected chi connectivity index (χ3v) is 8.51. The van der Waals surface area contributed by atoms with E-state index in [-0.39, 0.29) is 0 Å². The van der Waals surface area contributed by atoms with Gasteiger partial charge in [-0.05, 0) is 57.6 Å². The molecule has 0 fully saturated rings. The molecule has 0 amide bonds. The summed E-state index contributed by atoms with van der Waals surface area (Å²) in [4.78, 5) is 0. The Morgan fingerprint density at radius 1 is 0.429 bits per heavy atom. The van der Waals surface area contributed by atoms with Gasteiger partial charge in [0.2, 0.25) is 0 Å². The maximum absolute atomic E-state index is 9.52. The van der Waals surface area contributed by atoms with Crippen LogP contribution in [-0.4, -0.2) is 0 Å². The lowest BCUT2D eigenvalue weighted by molar-refractivity contribution is 0.670.